The Bertz CT molecular complexity index is 656. The van der Waals surface area contributed by atoms with Crippen molar-refractivity contribution in [1.29, 1.82) is 0 Å². The normalized spacial score (nSPS) is 18.1. The summed E-state index contributed by atoms with van der Waals surface area (Å²) in [4.78, 5) is 26.8. The number of rotatable bonds is 6. The number of nitrogens with zero attached hydrogens (tertiary/aromatic N) is 6. The Kier molecular flexibility index (Phi) is 5.92. The summed E-state index contributed by atoms with van der Waals surface area (Å²) in [6.45, 7) is 2.42. The summed E-state index contributed by atoms with van der Waals surface area (Å²) in [5.74, 6) is 1.24. The molecule has 2 aromatic rings. The maximum Gasteiger partial charge on any atom is 0.222 e. The molecule has 1 fully saturated rings. The topological polar surface area (TPSA) is 103 Å². The van der Waals surface area contributed by atoms with Gasteiger partial charge in [0.1, 0.15) is 18.5 Å². The third-order valence-electron chi connectivity index (χ3n) is 4.67. The molecule has 0 saturated carbocycles. The maximum absolute atomic E-state index is 12.4. The predicted octanol–water partition coefficient (Wildman–Crippen LogP) is 1.30. The zero-order valence-electron chi connectivity index (χ0n) is 14.4. The van der Waals surface area contributed by atoms with Crippen LogP contribution in [0.25, 0.3) is 0 Å². The minimum atomic E-state index is 0.244. The smallest absolute Gasteiger partial charge is 0.222 e. The molecule has 3 rings (SSSR count). The van der Waals surface area contributed by atoms with E-state index in [1.807, 2.05) is 4.90 Å². The molecular formula is C17H25N7O. The van der Waals surface area contributed by atoms with Gasteiger partial charge in [-0.15, -0.1) is 0 Å². The molecule has 8 nitrogen and oxygen atoms in total. The van der Waals surface area contributed by atoms with Crippen molar-refractivity contribution in [2.45, 2.75) is 45.1 Å². The van der Waals surface area contributed by atoms with E-state index in [2.05, 4.69) is 20.1 Å². The van der Waals surface area contributed by atoms with E-state index < -0.39 is 0 Å². The summed E-state index contributed by atoms with van der Waals surface area (Å²) in [7, 11) is 0. The predicted molar refractivity (Wildman–Crippen MR) is 93.3 cm³/mol. The number of hydrogen-bond acceptors (Lipinski definition) is 6. The third-order valence-corrected chi connectivity index (χ3v) is 4.67. The molecule has 2 N–H and O–H groups in total. The van der Waals surface area contributed by atoms with Crippen molar-refractivity contribution in [3.8, 4) is 0 Å². The maximum atomic E-state index is 12.4. The number of hydrogen-bond donors (Lipinski definition) is 1. The first kappa shape index (κ1) is 17.3. The molecule has 0 radical (unpaired) electrons. The van der Waals surface area contributed by atoms with Gasteiger partial charge in [-0.3, -0.25) is 14.5 Å². The fourth-order valence-corrected chi connectivity index (χ4v) is 3.28. The Morgan fingerprint density at radius 3 is 2.92 bits per heavy atom. The van der Waals surface area contributed by atoms with E-state index in [9.17, 15) is 4.79 Å². The minimum absolute atomic E-state index is 0.244. The molecule has 0 aromatic carbocycles. The second kappa shape index (κ2) is 8.55. The first-order chi connectivity index (χ1) is 12.2. The average Bonchev–Trinajstić information content (AvgIpc) is 3.02. The molecule has 0 aliphatic carbocycles. The Balaban J connectivity index is 1.42. The summed E-state index contributed by atoms with van der Waals surface area (Å²) in [5, 5.41) is 4.06. The molecule has 3 heterocycles. The van der Waals surface area contributed by atoms with E-state index in [-0.39, 0.29) is 5.91 Å². The van der Waals surface area contributed by atoms with E-state index in [0.29, 0.717) is 18.2 Å². The van der Waals surface area contributed by atoms with Crippen LogP contribution in [-0.4, -0.2) is 48.6 Å². The quantitative estimate of drug-likeness (QED) is 0.848. The Labute approximate surface area is 147 Å². The van der Waals surface area contributed by atoms with Crippen molar-refractivity contribution >= 4 is 11.7 Å². The molecule has 1 amide bonds. The largest absolute Gasteiger partial charge is 0.382 e. The molecule has 1 saturated heterocycles. The van der Waals surface area contributed by atoms with E-state index in [1.165, 1.54) is 6.33 Å². The summed E-state index contributed by atoms with van der Waals surface area (Å²) < 4.78 is 1.76. The van der Waals surface area contributed by atoms with Crippen LogP contribution in [0.2, 0.25) is 0 Å². The van der Waals surface area contributed by atoms with Crippen molar-refractivity contribution in [3.63, 3.8) is 0 Å². The Morgan fingerprint density at radius 1 is 1.24 bits per heavy atom. The van der Waals surface area contributed by atoms with Crippen LogP contribution in [0.3, 0.4) is 0 Å². The number of amides is 1. The number of carbonyl (C=O) groups is 1. The van der Waals surface area contributed by atoms with Crippen LogP contribution in [0.1, 0.15) is 37.8 Å². The highest BCUT2D eigenvalue weighted by Gasteiger charge is 2.21. The highest BCUT2D eigenvalue weighted by atomic mass is 16.2. The number of anilines is 1. The first-order valence-corrected chi connectivity index (χ1v) is 8.87. The first-order valence-electron chi connectivity index (χ1n) is 8.87. The number of aryl methyl sites for hydroxylation is 1. The lowest BCUT2D eigenvalue weighted by molar-refractivity contribution is -0.131. The van der Waals surface area contributed by atoms with Crippen molar-refractivity contribution in [1.82, 2.24) is 29.6 Å². The van der Waals surface area contributed by atoms with Gasteiger partial charge in [-0.2, -0.15) is 5.10 Å². The van der Waals surface area contributed by atoms with E-state index >= 15 is 0 Å². The van der Waals surface area contributed by atoms with Crippen molar-refractivity contribution < 1.29 is 4.79 Å². The van der Waals surface area contributed by atoms with Crippen LogP contribution in [0, 0.1) is 5.92 Å². The van der Waals surface area contributed by atoms with E-state index in [0.717, 1.165) is 57.4 Å². The minimum Gasteiger partial charge on any atom is -0.382 e. The number of carbonyl (C=O) groups excluding carboxylic acids is 1. The van der Waals surface area contributed by atoms with Crippen LogP contribution in [-0.2, 0) is 17.8 Å². The Hall–Kier alpha value is -2.51. The van der Waals surface area contributed by atoms with Crippen molar-refractivity contribution in [2.75, 3.05) is 18.8 Å². The standard InChI is InChI=1S/C17H25N7O/c18-16-11-20-15(10-21-16)9-14-3-1-6-23(8-5-14)17(25)4-2-7-24-13-19-12-22-24/h10-14H,1-9H2,(H2,18,21). The van der Waals surface area contributed by atoms with Gasteiger partial charge >= 0.3 is 0 Å². The zero-order valence-corrected chi connectivity index (χ0v) is 14.4. The highest BCUT2D eigenvalue weighted by molar-refractivity contribution is 5.76. The fourth-order valence-electron chi connectivity index (χ4n) is 3.28. The number of likely N-dealkylation sites (tertiary alicyclic amines) is 1. The third kappa shape index (κ3) is 5.23. The van der Waals surface area contributed by atoms with E-state index in [4.69, 9.17) is 5.73 Å². The van der Waals surface area contributed by atoms with Crippen molar-refractivity contribution in [2.24, 2.45) is 5.92 Å². The Morgan fingerprint density at radius 2 is 2.16 bits per heavy atom. The van der Waals surface area contributed by atoms with Crippen LogP contribution in [0.4, 0.5) is 5.82 Å². The lowest BCUT2D eigenvalue weighted by Gasteiger charge is -2.20. The number of aromatic nitrogens is 5. The second-order valence-corrected chi connectivity index (χ2v) is 6.58. The average molecular weight is 343 g/mol. The zero-order chi connectivity index (χ0) is 17.5. The summed E-state index contributed by atoms with van der Waals surface area (Å²) in [6.07, 6.45) is 12.0. The van der Waals surface area contributed by atoms with E-state index in [1.54, 1.807) is 23.4 Å². The molecule has 1 atom stereocenters. The molecule has 2 aromatic heterocycles. The molecule has 25 heavy (non-hydrogen) atoms. The van der Waals surface area contributed by atoms with Crippen LogP contribution < -0.4 is 5.73 Å². The number of nitrogens with two attached hydrogens (primary N) is 1. The summed E-state index contributed by atoms with van der Waals surface area (Å²) in [6, 6.07) is 0. The van der Waals surface area contributed by atoms with Gasteiger partial charge in [0.05, 0.1) is 18.1 Å². The molecule has 1 aliphatic heterocycles. The molecular weight excluding hydrogens is 318 g/mol. The van der Waals surface area contributed by atoms with Crippen LogP contribution in [0.5, 0.6) is 0 Å². The van der Waals surface area contributed by atoms with Crippen LogP contribution >= 0.6 is 0 Å². The molecule has 1 unspecified atom stereocenters. The lowest BCUT2D eigenvalue weighted by atomic mass is 9.95. The second-order valence-electron chi connectivity index (χ2n) is 6.58. The monoisotopic (exact) mass is 343 g/mol. The van der Waals surface area contributed by atoms with Gasteiger partial charge in [0.15, 0.2) is 0 Å². The van der Waals surface area contributed by atoms with Crippen molar-refractivity contribution in [3.05, 3.63) is 30.7 Å². The molecule has 8 heteroatoms. The molecule has 0 spiro atoms. The molecule has 134 valence electrons. The fraction of sp³-hybridized carbons (Fsp3) is 0.588. The molecule has 0 bridgehead atoms. The van der Waals surface area contributed by atoms with Gasteiger partial charge in [0, 0.05) is 26.1 Å². The van der Waals surface area contributed by atoms with Gasteiger partial charge < -0.3 is 10.6 Å². The van der Waals surface area contributed by atoms with Gasteiger partial charge in [-0.25, -0.2) is 9.97 Å². The summed E-state index contributed by atoms with van der Waals surface area (Å²) >= 11 is 0. The van der Waals surface area contributed by atoms with Crippen LogP contribution in [0.15, 0.2) is 25.0 Å². The lowest BCUT2D eigenvalue weighted by Crippen LogP contribution is -2.32. The van der Waals surface area contributed by atoms with Gasteiger partial charge in [-0.1, -0.05) is 0 Å². The highest BCUT2D eigenvalue weighted by Crippen LogP contribution is 2.21. The number of nitrogen functional groups attached to an aromatic ring is 1. The van der Waals surface area contributed by atoms with Gasteiger partial charge in [0.25, 0.3) is 0 Å². The van der Waals surface area contributed by atoms with Gasteiger partial charge in [0.2, 0.25) is 5.91 Å². The SMILES string of the molecule is Nc1cnc(CC2CCCN(C(=O)CCCn3cncn3)CC2)cn1. The molecule has 1 aliphatic rings. The van der Waals surface area contributed by atoms with Gasteiger partial charge in [-0.05, 0) is 38.0 Å². The summed E-state index contributed by atoms with van der Waals surface area (Å²) in [5.41, 5.74) is 6.56.